The fourth-order valence-electron chi connectivity index (χ4n) is 1.23. The third kappa shape index (κ3) is 2.80. The lowest BCUT2D eigenvalue weighted by molar-refractivity contribution is -0.116. The number of benzene rings is 1. The Morgan fingerprint density at radius 1 is 1.50 bits per heavy atom. The summed E-state index contributed by atoms with van der Waals surface area (Å²) in [6.45, 7) is 0.131. The lowest BCUT2D eigenvalue weighted by atomic mass is 10.3. The van der Waals surface area contributed by atoms with Gasteiger partial charge in [-0.3, -0.25) is 4.79 Å². The molecule has 2 rings (SSSR count). The van der Waals surface area contributed by atoms with Gasteiger partial charge >= 0.3 is 0 Å². The van der Waals surface area contributed by atoms with Gasteiger partial charge in [0, 0.05) is 10.7 Å². The quantitative estimate of drug-likeness (QED) is 0.880. The molecule has 1 amide bonds. The van der Waals surface area contributed by atoms with Gasteiger partial charge in [0.15, 0.2) is 0 Å². The van der Waals surface area contributed by atoms with Crippen LogP contribution in [-0.4, -0.2) is 20.7 Å². The van der Waals surface area contributed by atoms with E-state index in [-0.39, 0.29) is 12.5 Å². The maximum Gasteiger partial charge on any atom is 0.246 e. The molecule has 82 valence electrons. The highest BCUT2D eigenvalue weighted by molar-refractivity contribution is 6.30. The fourth-order valence-corrected chi connectivity index (χ4v) is 1.42. The summed E-state index contributed by atoms with van der Waals surface area (Å²) in [7, 11) is 0. The normalized spacial score (nSPS) is 10.1. The second-order valence-corrected chi connectivity index (χ2v) is 3.59. The highest BCUT2D eigenvalue weighted by Gasteiger charge is 2.03. The average molecular weight is 237 g/mol. The first-order valence-electron chi connectivity index (χ1n) is 4.62. The van der Waals surface area contributed by atoms with Gasteiger partial charge in [-0.05, 0) is 18.2 Å². The summed E-state index contributed by atoms with van der Waals surface area (Å²) in [5.41, 5.74) is 0.664. The molecule has 0 aliphatic heterocycles. The van der Waals surface area contributed by atoms with E-state index in [0.29, 0.717) is 10.7 Å². The predicted octanol–water partition coefficient (Wildman–Crippen LogP) is 1.57. The van der Waals surface area contributed by atoms with E-state index >= 15 is 0 Å². The summed E-state index contributed by atoms with van der Waals surface area (Å²) in [4.78, 5) is 15.3. The van der Waals surface area contributed by atoms with Gasteiger partial charge in [0.2, 0.25) is 5.91 Å². The van der Waals surface area contributed by atoms with Gasteiger partial charge in [-0.1, -0.05) is 17.7 Å². The maximum absolute atomic E-state index is 11.5. The molecule has 0 radical (unpaired) electrons. The van der Waals surface area contributed by atoms with Gasteiger partial charge in [-0.15, -0.1) is 0 Å². The fraction of sp³-hybridized carbons (Fsp3) is 0.100. The minimum atomic E-state index is -0.173. The number of anilines is 1. The van der Waals surface area contributed by atoms with E-state index in [9.17, 15) is 4.79 Å². The molecule has 0 fully saturated rings. The van der Waals surface area contributed by atoms with Crippen LogP contribution in [0.1, 0.15) is 0 Å². The molecule has 1 aromatic carbocycles. The predicted molar refractivity (Wildman–Crippen MR) is 60.1 cm³/mol. The minimum absolute atomic E-state index is 0.131. The highest BCUT2D eigenvalue weighted by Crippen LogP contribution is 2.14. The van der Waals surface area contributed by atoms with E-state index in [2.05, 4.69) is 15.4 Å². The molecule has 1 aromatic heterocycles. The largest absolute Gasteiger partial charge is 0.324 e. The molecule has 0 saturated heterocycles. The molecule has 0 aliphatic carbocycles. The van der Waals surface area contributed by atoms with Crippen LogP contribution in [0.25, 0.3) is 0 Å². The molecule has 0 unspecified atom stereocenters. The van der Waals surface area contributed by atoms with Gasteiger partial charge in [0.05, 0.1) is 0 Å². The first kappa shape index (κ1) is 10.6. The van der Waals surface area contributed by atoms with E-state index in [1.807, 2.05) is 0 Å². The Bertz CT molecular complexity index is 483. The molecule has 0 atom stereocenters. The number of hydrogen-bond acceptors (Lipinski definition) is 3. The Hall–Kier alpha value is -1.88. The highest BCUT2D eigenvalue weighted by atomic mass is 35.5. The van der Waals surface area contributed by atoms with Crippen LogP contribution in [0.3, 0.4) is 0 Å². The number of nitrogens with zero attached hydrogens (tertiary/aromatic N) is 3. The van der Waals surface area contributed by atoms with Gasteiger partial charge in [-0.25, -0.2) is 9.67 Å². The standard InChI is InChI=1S/C10H9ClN4O/c11-8-2-1-3-9(4-8)14-10(16)5-15-7-12-6-13-15/h1-4,6-7H,5H2,(H,14,16). The molecule has 1 heterocycles. The maximum atomic E-state index is 11.5. The molecular formula is C10H9ClN4O. The smallest absolute Gasteiger partial charge is 0.246 e. The van der Waals surface area contributed by atoms with Crippen LogP contribution in [0.15, 0.2) is 36.9 Å². The Kier molecular flexibility index (Phi) is 3.16. The number of aromatic nitrogens is 3. The summed E-state index contributed by atoms with van der Waals surface area (Å²) >= 11 is 5.79. The minimum Gasteiger partial charge on any atom is -0.324 e. The molecule has 0 aliphatic rings. The Balaban J connectivity index is 1.97. The second kappa shape index (κ2) is 4.76. The SMILES string of the molecule is O=C(Cn1cncn1)Nc1cccc(Cl)c1. The van der Waals surface area contributed by atoms with Crippen molar-refractivity contribution in [3.63, 3.8) is 0 Å². The number of carbonyl (C=O) groups is 1. The summed E-state index contributed by atoms with van der Waals surface area (Å²) in [6.07, 6.45) is 2.87. The molecular weight excluding hydrogens is 228 g/mol. The Morgan fingerprint density at radius 3 is 3.06 bits per heavy atom. The van der Waals surface area contributed by atoms with Gasteiger partial charge in [0.1, 0.15) is 19.2 Å². The van der Waals surface area contributed by atoms with Gasteiger partial charge < -0.3 is 5.32 Å². The van der Waals surface area contributed by atoms with Gasteiger partial charge in [-0.2, -0.15) is 5.10 Å². The topological polar surface area (TPSA) is 59.8 Å². The zero-order valence-electron chi connectivity index (χ0n) is 8.30. The van der Waals surface area contributed by atoms with E-state index in [1.54, 1.807) is 24.3 Å². The van der Waals surface area contributed by atoms with E-state index in [1.165, 1.54) is 17.3 Å². The van der Waals surface area contributed by atoms with E-state index < -0.39 is 0 Å². The van der Waals surface area contributed by atoms with Crippen molar-refractivity contribution in [3.05, 3.63) is 41.9 Å². The van der Waals surface area contributed by atoms with Crippen molar-refractivity contribution in [3.8, 4) is 0 Å². The van der Waals surface area contributed by atoms with Crippen LogP contribution < -0.4 is 5.32 Å². The van der Waals surface area contributed by atoms with Crippen molar-refractivity contribution in [1.29, 1.82) is 0 Å². The molecule has 1 N–H and O–H groups in total. The summed E-state index contributed by atoms with van der Waals surface area (Å²) in [6, 6.07) is 6.97. The number of hydrogen-bond donors (Lipinski definition) is 1. The number of halogens is 1. The number of rotatable bonds is 3. The van der Waals surface area contributed by atoms with Crippen LogP contribution in [0, 0.1) is 0 Å². The first-order valence-corrected chi connectivity index (χ1v) is 5.00. The average Bonchev–Trinajstić information content (AvgIpc) is 2.70. The van der Waals surface area contributed by atoms with Crippen molar-refractivity contribution in [2.45, 2.75) is 6.54 Å². The summed E-state index contributed by atoms with van der Waals surface area (Å²) in [5.74, 6) is -0.173. The molecule has 0 saturated carbocycles. The monoisotopic (exact) mass is 236 g/mol. The summed E-state index contributed by atoms with van der Waals surface area (Å²) in [5, 5.41) is 7.13. The molecule has 6 heteroatoms. The zero-order chi connectivity index (χ0) is 11.4. The summed E-state index contributed by atoms with van der Waals surface area (Å²) < 4.78 is 1.44. The van der Waals surface area contributed by atoms with Crippen LogP contribution in [-0.2, 0) is 11.3 Å². The van der Waals surface area contributed by atoms with Crippen molar-refractivity contribution < 1.29 is 4.79 Å². The third-order valence-corrected chi connectivity index (χ3v) is 2.12. The number of carbonyl (C=O) groups excluding carboxylic acids is 1. The van der Waals surface area contributed by atoms with Crippen LogP contribution in [0.2, 0.25) is 5.02 Å². The third-order valence-electron chi connectivity index (χ3n) is 1.88. The molecule has 5 nitrogen and oxygen atoms in total. The van der Waals surface area contributed by atoms with Crippen molar-refractivity contribution in [1.82, 2.24) is 14.8 Å². The van der Waals surface area contributed by atoms with Gasteiger partial charge in [0.25, 0.3) is 0 Å². The van der Waals surface area contributed by atoms with E-state index in [0.717, 1.165) is 0 Å². The van der Waals surface area contributed by atoms with Crippen LogP contribution >= 0.6 is 11.6 Å². The first-order chi connectivity index (χ1) is 7.74. The Labute approximate surface area is 97.1 Å². The molecule has 16 heavy (non-hydrogen) atoms. The second-order valence-electron chi connectivity index (χ2n) is 3.15. The molecule has 0 spiro atoms. The van der Waals surface area contributed by atoms with Crippen LogP contribution in [0.4, 0.5) is 5.69 Å². The number of amides is 1. The van der Waals surface area contributed by atoms with Crippen molar-refractivity contribution in [2.24, 2.45) is 0 Å². The lowest BCUT2D eigenvalue weighted by Crippen LogP contribution is -2.18. The molecule has 0 bridgehead atoms. The molecule has 2 aromatic rings. The zero-order valence-corrected chi connectivity index (χ0v) is 9.05. The van der Waals surface area contributed by atoms with Crippen LogP contribution in [0.5, 0.6) is 0 Å². The number of nitrogens with one attached hydrogen (secondary N) is 1. The van der Waals surface area contributed by atoms with Crippen molar-refractivity contribution >= 4 is 23.2 Å². The van der Waals surface area contributed by atoms with Crippen molar-refractivity contribution in [2.75, 3.05) is 5.32 Å². The lowest BCUT2D eigenvalue weighted by Gasteiger charge is -2.04. The van der Waals surface area contributed by atoms with E-state index in [4.69, 9.17) is 11.6 Å². The Morgan fingerprint density at radius 2 is 2.38 bits per heavy atom.